The van der Waals surface area contributed by atoms with Crippen LogP contribution in [0.5, 0.6) is 0 Å². The third-order valence-electron chi connectivity index (χ3n) is 6.86. The van der Waals surface area contributed by atoms with Crippen molar-refractivity contribution in [2.24, 2.45) is 0 Å². The van der Waals surface area contributed by atoms with Gasteiger partial charge in [-0.2, -0.15) is 14.1 Å². The Morgan fingerprint density at radius 1 is 1.00 bits per heavy atom. The molecule has 200 valence electrons. The van der Waals surface area contributed by atoms with Gasteiger partial charge >= 0.3 is 20.1 Å². The number of carbonyl (C=O) groups is 2. The van der Waals surface area contributed by atoms with Crippen molar-refractivity contribution in [3.63, 3.8) is 0 Å². The van der Waals surface area contributed by atoms with Crippen molar-refractivity contribution in [2.45, 2.75) is 66.1 Å². The number of carbonyl (C=O) groups excluding carboxylic acids is 2. The van der Waals surface area contributed by atoms with Gasteiger partial charge in [0.05, 0.1) is 0 Å². The highest BCUT2D eigenvalue weighted by atomic mass is 31.2. The number of aliphatic hydroxyl groups excluding tert-OH is 2. The first-order chi connectivity index (χ1) is 16.5. The van der Waals surface area contributed by atoms with Crippen LogP contribution in [-0.2, 0) is 23.3 Å². The van der Waals surface area contributed by atoms with E-state index in [1.807, 2.05) is 41.5 Å². The third-order valence-corrected chi connectivity index (χ3v) is 8.42. The molecule has 2 aliphatic heterocycles. The van der Waals surface area contributed by atoms with E-state index in [-0.39, 0.29) is 9.29 Å². The van der Waals surface area contributed by atoms with Gasteiger partial charge in [0.2, 0.25) is 6.23 Å². The molecule has 35 heavy (non-hydrogen) atoms. The summed E-state index contributed by atoms with van der Waals surface area (Å²) in [6.07, 6.45) is -3.13. The Labute approximate surface area is 207 Å². The summed E-state index contributed by atoms with van der Waals surface area (Å²) in [6.45, 7) is 14.1. The molecule has 2 aliphatic rings. The highest BCUT2D eigenvalue weighted by molar-refractivity contribution is 7.53. The minimum atomic E-state index is -4.21. The number of hydrogen-bond acceptors (Lipinski definition) is 9. The van der Waals surface area contributed by atoms with Gasteiger partial charge in [0, 0.05) is 9.25 Å². The lowest BCUT2D eigenvalue weighted by molar-refractivity contribution is -1.11. The van der Waals surface area contributed by atoms with Crippen LogP contribution >= 0.6 is 8.17 Å². The summed E-state index contributed by atoms with van der Waals surface area (Å²) in [7, 11) is -4.21. The Hall–Kier alpha value is -1.25. The second kappa shape index (κ2) is 12.3. The van der Waals surface area contributed by atoms with E-state index < -0.39 is 51.3 Å². The van der Waals surface area contributed by atoms with Gasteiger partial charge in [-0.25, -0.2) is 0 Å². The molecule has 13 nitrogen and oxygen atoms in total. The van der Waals surface area contributed by atoms with Crippen molar-refractivity contribution in [3.05, 3.63) is 6.42 Å². The molecule has 0 spiro atoms. The van der Waals surface area contributed by atoms with Crippen molar-refractivity contribution in [1.29, 1.82) is 0 Å². The maximum absolute atomic E-state index is 14.0. The summed E-state index contributed by atoms with van der Waals surface area (Å²) in [5.41, 5.74) is 0. The first-order valence-corrected chi connectivity index (χ1v) is 13.7. The molecule has 0 aromatic heterocycles. The smallest absolute Gasteiger partial charge is 0.514 e. The maximum Gasteiger partial charge on any atom is 0.514 e. The molecule has 0 aromatic rings. The first kappa shape index (κ1) is 30.0. The van der Waals surface area contributed by atoms with E-state index in [9.17, 15) is 24.7 Å². The van der Waals surface area contributed by atoms with Crippen LogP contribution in [0, 0.1) is 6.42 Å². The van der Waals surface area contributed by atoms with Gasteiger partial charge in [-0.15, -0.1) is 19.2 Å². The fraction of sp³-hybridized carbons (Fsp3) is 0.810. The summed E-state index contributed by atoms with van der Waals surface area (Å²) < 4.78 is 24.5. The summed E-state index contributed by atoms with van der Waals surface area (Å²) >= 11 is 0. The maximum atomic E-state index is 14.0. The number of quaternary nitrogens is 2. The molecule has 1 fully saturated rings. The molecule has 4 atom stereocenters. The Morgan fingerprint density at radius 3 is 1.91 bits per heavy atom. The van der Waals surface area contributed by atoms with E-state index in [2.05, 4.69) is 5.32 Å². The predicted molar refractivity (Wildman–Crippen MR) is 124 cm³/mol. The molecular formula is C21H41N4O9P+4. The molecule has 0 bridgehead atoms. The molecule has 2 heterocycles. The van der Waals surface area contributed by atoms with Gasteiger partial charge in [-0.05, 0) is 41.5 Å². The first-order valence-electron chi connectivity index (χ1n) is 12.2. The number of imide groups is 1. The Bertz CT molecular complexity index is 737. The molecule has 2 rings (SSSR count). The van der Waals surface area contributed by atoms with Crippen LogP contribution in [0.25, 0.3) is 0 Å². The zero-order valence-electron chi connectivity index (χ0n) is 21.5. The average Bonchev–Trinajstić information content (AvgIpc) is 3.13. The van der Waals surface area contributed by atoms with Crippen molar-refractivity contribution in [2.75, 3.05) is 45.9 Å². The number of urea groups is 1. The highest BCUT2D eigenvalue weighted by Crippen LogP contribution is 2.58. The Morgan fingerprint density at radius 2 is 1.49 bits per heavy atom. The summed E-state index contributed by atoms with van der Waals surface area (Å²) in [6, 6.07) is -0.806. The van der Waals surface area contributed by atoms with Crippen LogP contribution in [0.3, 0.4) is 0 Å². The summed E-state index contributed by atoms with van der Waals surface area (Å²) in [5, 5.41) is 23.1. The number of hydroxylamine groups is 6. The molecule has 0 aromatic carbocycles. The van der Waals surface area contributed by atoms with Crippen molar-refractivity contribution >= 4 is 26.3 Å². The van der Waals surface area contributed by atoms with E-state index in [0.717, 1.165) is 17.2 Å². The topological polar surface area (TPSA) is 150 Å². The predicted octanol–water partition coefficient (Wildman–Crippen LogP) is -0.359. The van der Waals surface area contributed by atoms with Gasteiger partial charge in [0.25, 0.3) is 12.6 Å². The lowest BCUT2D eigenvalue weighted by Gasteiger charge is -2.38. The Kier molecular flexibility index (Phi) is 10.6. The molecule has 1 saturated heterocycles. The van der Waals surface area contributed by atoms with E-state index in [1.54, 1.807) is 0 Å². The van der Waals surface area contributed by atoms with Crippen molar-refractivity contribution in [1.82, 2.24) is 5.32 Å². The molecule has 3 N–H and O–H groups in total. The SMILES string of the molecule is CC[N+](CC)(CC)O[P+]([O-])(OC[C@@H]1O[C@H]([N+]2=C[CH+]C(=O)NC2=O)[C@@H](O)[C@H]1O)O[N+](CC)(CC)CC. The highest BCUT2D eigenvalue weighted by Gasteiger charge is 2.56. The lowest BCUT2D eigenvalue weighted by atomic mass is 10.1. The number of ether oxygens (including phenoxy) is 1. The van der Waals surface area contributed by atoms with Crippen molar-refractivity contribution in [3.8, 4) is 0 Å². The zero-order chi connectivity index (χ0) is 26.4. The molecule has 0 unspecified atom stereocenters. The fourth-order valence-corrected chi connectivity index (χ4v) is 6.06. The van der Waals surface area contributed by atoms with Crippen LogP contribution in [0.2, 0.25) is 0 Å². The number of aliphatic hydroxyl groups is 2. The molecule has 0 saturated carbocycles. The summed E-state index contributed by atoms with van der Waals surface area (Å²) in [5.74, 6) is -0.608. The molecule has 0 radical (unpaired) electrons. The van der Waals surface area contributed by atoms with Crippen LogP contribution in [0.15, 0.2) is 0 Å². The van der Waals surface area contributed by atoms with Crippen LogP contribution in [0.4, 0.5) is 4.79 Å². The third kappa shape index (κ3) is 6.75. The largest absolute Gasteiger partial charge is 0.596 e. The number of amides is 3. The van der Waals surface area contributed by atoms with E-state index >= 15 is 0 Å². The van der Waals surface area contributed by atoms with Gasteiger partial charge in [0.15, 0.2) is 0 Å². The van der Waals surface area contributed by atoms with Gasteiger partial charge in [-0.1, -0.05) is 0 Å². The number of nitrogens with zero attached hydrogens (tertiary/aromatic N) is 3. The van der Waals surface area contributed by atoms with Gasteiger partial charge in [-0.3, -0.25) is 0 Å². The number of rotatable bonds is 14. The quantitative estimate of drug-likeness (QED) is 0.0910. The van der Waals surface area contributed by atoms with E-state index in [4.69, 9.17) is 18.5 Å². The molecule has 3 amide bonds. The monoisotopic (exact) mass is 524 g/mol. The minimum absolute atomic E-state index is 0.0283. The van der Waals surface area contributed by atoms with Crippen LogP contribution in [0.1, 0.15) is 41.5 Å². The second-order valence-electron chi connectivity index (χ2n) is 8.48. The van der Waals surface area contributed by atoms with Gasteiger partial charge in [0.1, 0.15) is 64.2 Å². The van der Waals surface area contributed by atoms with Crippen LogP contribution < -0.4 is 10.2 Å². The molecular weight excluding hydrogens is 483 g/mol. The van der Waals surface area contributed by atoms with Gasteiger partial charge < -0.3 is 19.8 Å². The van der Waals surface area contributed by atoms with E-state index in [0.29, 0.717) is 39.3 Å². The standard InChI is InChI=1S/C21H40N4O9P/c1-7-24(8-2,9-3)33-35(30,34-25(10-4,11-5)12-6)31-15-16-18(27)19(28)20(32-16)23-14-13-17(26)22-21(23)29/h13-14,16,18-20,27-28H,7-12,15H2,1-6H3/q+3/p+1/t16-,18-,19-,20-/m0/s1. The summed E-state index contributed by atoms with van der Waals surface area (Å²) in [4.78, 5) is 37.5. The lowest BCUT2D eigenvalue weighted by Crippen LogP contribution is -2.53. The average molecular weight is 525 g/mol. The minimum Gasteiger partial charge on any atom is -0.596 e. The van der Waals surface area contributed by atoms with Crippen molar-refractivity contribution < 1.29 is 57.1 Å². The number of nitrogens with one attached hydrogen (secondary N) is 1. The number of phosphoric acid groups is 1. The Balaban J connectivity index is 2.24. The zero-order valence-corrected chi connectivity index (χ0v) is 22.3. The normalized spacial score (nSPS) is 25.9. The molecule has 14 heteroatoms. The van der Waals surface area contributed by atoms with Crippen LogP contribution in [-0.4, -0.2) is 113 Å². The number of hydrogen-bond donors (Lipinski definition) is 3. The molecule has 0 aliphatic carbocycles. The fourth-order valence-electron chi connectivity index (χ4n) is 4.06. The second-order valence-corrected chi connectivity index (χ2v) is 9.96. The van der Waals surface area contributed by atoms with E-state index in [1.165, 1.54) is 0 Å².